The van der Waals surface area contributed by atoms with E-state index in [1.165, 1.54) is 0 Å². The van der Waals surface area contributed by atoms with Crippen LogP contribution in [0.1, 0.15) is 22.0 Å². The van der Waals surface area contributed by atoms with Crippen LogP contribution in [0.15, 0.2) is 54.6 Å². The predicted octanol–water partition coefficient (Wildman–Crippen LogP) is 2.03. The van der Waals surface area contributed by atoms with Crippen LogP contribution in [0.3, 0.4) is 0 Å². The van der Waals surface area contributed by atoms with Crippen LogP contribution in [0.2, 0.25) is 0 Å². The van der Waals surface area contributed by atoms with Gasteiger partial charge in [0.2, 0.25) is 5.91 Å². The zero-order chi connectivity index (χ0) is 16.1. The highest BCUT2D eigenvalue weighted by Crippen LogP contribution is 2.22. The van der Waals surface area contributed by atoms with Crippen molar-refractivity contribution >= 4 is 17.5 Å². The number of nitrogens with two attached hydrogens (primary N) is 1. The van der Waals surface area contributed by atoms with Crippen molar-refractivity contribution in [3.05, 3.63) is 65.7 Å². The summed E-state index contributed by atoms with van der Waals surface area (Å²) in [5, 5.41) is 2.79. The number of amides is 2. The maximum atomic E-state index is 12.6. The van der Waals surface area contributed by atoms with Gasteiger partial charge in [-0.15, -0.1) is 0 Å². The van der Waals surface area contributed by atoms with Gasteiger partial charge >= 0.3 is 0 Å². The third-order valence-corrected chi connectivity index (χ3v) is 3.33. The molecule has 3 N–H and O–H groups in total. The van der Waals surface area contributed by atoms with E-state index in [2.05, 4.69) is 5.32 Å². The molecule has 0 heterocycles. The zero-order valence-corrected chi connectivity index (χ0v) is 12.6. The Hall–Kier alpha value is -2.66. The van der Waals surface area contributed by atoms with Crippen molar-refractivity contribution < 1.29 is 9.59 Å². The van der Waals surface area contributed by atoms with Crippen LogP contribution in [0, 0.1) is 0 Å². The summed E-state index contributed by atoms with van der Waals surface area (Å²) in [6, 6.07) is 15.7. The van der Waals surface area contributed by atoms with Crippen LogP contribution in [0.5, 0.6) is 0 Å². The number of hydrogen-bond donors (Lipinski definition) is 2. The molecule has 0 saturated heterocycles. The SMILES string of the molecule is CN(C)C(C(=O)Nc1ccccc1C(N)=O)c1ccccc1. The highest BCUT2D eigenvalue weighted by molar-refractivity contribution is 6.04. The molecule has 0 bridgehead atoms. The van der Waals surface area contributed by atoms with Gasteiger partial charge in [-0.3, -0.25) is 14.5 Å². The van der Waals surface area contributed by atoms with Crippen LogP contribution in [0.25, 0.3) is 0 Å². The molecule has 5 nitrogen and oxygen atoms in total. The molecular formula is C17H19N3O2. The summed E-state index contributed by atoms with van der Waals surface area (Å²) >= 11 is 0. The fourth-order valence-electron chi connectivity index (χ4n) is 2.33. The average Bonchev–Trinajstić information content (AvgIpc) is 2.48. The lowest BCUT2D eigenvalue weighted by atomic mass is 10.0. The van der Waals surface area contributed by atoms with Gasteiger partial charge in [0.25, 0.3) is 5.91 Å². The van der Waals surface area contributed by atoms with E-state index in [0.29, 0.717) is 11.3 Å². The molecule has 0 aromatic heterocycles. The summed E-state index contributed by atoms with van der Waals surface area (Å²) in [6.07, 6.45) is 0. The molecule has 5 heteroatoms. The highest BCUT2D eigenvalue weighted by Gasteiger charge is 2.23. The fourth-order valence-corrected chi connectivity index (χ4v) is 2.33. The Balaban J connectivity index is 2.29. The van der Waals surface area contributed by atoms with Crippen molar-refractivity contribution in [2.75, 3.05) is 19.4 Å². The number of nitrogens with one attached hydrogen (secondary N) is 1. The van der Waals surface area contributed by atoms with E-state index in [1.807, 2.05) is 49.3 Å². The molecule has 0 saturated carbocycles. The van der Waals surface area contributed by atoms with Gasteiger partial charge in [0.1, 0.15) is 6.04 Å². The van der Waals surface area contributed by atoms with Crippen molar-refractivity contribution in [3.8, 4) is 0 Å². The van der Waals surface area contributed by atoms with E-state index in [0.717, 1.165) is 5.56 Å². The number of anilines is 1. The molecule has 2 aromatic rings. The second kappa shape index (κ2) is 6.87. The molecule has 0 spiro atoms. The molecule has 0 radical (unpaired) electrons. The molecule has 1 unspecified atom stereocenters. The minimum absolute atomic E-state index is 0.218. The van der Waals surface area contributed by atoms with Gasteiger partial charge in [0.05, 0.1) is 11.3 Å². The van der Waals surface area contributed by atoms with Crippen LogP contribution < -0.4 is 11.1 Å². The highest BCUT2D eigenvalue weighted by atomic mass is 16.2. The molecule has 2 rings (SSSR count). The molecule has 0 aliphatic rings. The number of primary amides is 1. The predicted molar refractivity (Wildman–Crippen MR) is 86.5 cm³/mol. The lowest BCUT2D eigenvalue weighted by Gasteiger charge is -2.24. The molecule has 2 amide bonds. The van der Waals surface area contributed by atoms with Gasteiger partial charge in [0.15, 0.2) is 0 Å². The minimum Gasteiger partial charge on any atom is -0.366 e. The maximum Gasteiger partial charge on any atom is 0.250 e. The average molecular weight is 297 g/mol. The third-order valence-electron chi connectivity index (χ3n) is 3.33. The molecule has 114 valence electrons. The van der Waals surface area contributed by atoms with E-state index in [4.69, 9.17) is 5.73 Å². The summed E-state index contributed by atoms with van der Waals surface area (Å²) in [4.78, 5) is 25.9. The summed E-state index contributed by atoms with van der Waals surface area (Å²) in [5.41, 5.74) is 6.93. The monoisotopic (exact) mass is 297 g/mol. The van der Waals surface area contributed by atoms with Crippen LogP contribution in [0.4, 0.5) is 5.69 Å². The number of benzene rings is 2. The molecule has 0 aliphatic carbocycles. The first kappa shape index (κ1) is 15.7. The molecule has 22 heavy (non-hydrogen) atoms. The number of hydrogen-bond acceptors (Lipinski definition) is 3. The molecule has 1 atom stereocenters. The van der Waals surface area contributed by atoms with Gasteiger partial charge in [-0.2, -0.15) is 0 Å². The topological polar surface area (TPSA) is 75.4 Å². The Morgan fingerprint density at radius 2 is 1.59 bits per heavy atom. The number of para-hydroxylation sites is 1. The van der Waals surface area contributed by atoms with Gasteiger partial charge in [-0.05, 0) is 31.8 Å². The van der Waals surface area contributed by atoms with Gasteiger partial charge in [-0.1, -0.05) is 42.5 Å². The lowest BCUT2D eigenvalue weighted by molar-refractivity contribution is -0.120. The van der Waals surface area contributed by atoms with Gasteiger partial charge < -0.3 is 11.1 Å². The second-order valence-electron chi connectivity index (χ2n) is 5.18. The van der Waals surface area contributed by atoms with Crippen LogP contribution in [-0.2, 0) is 4.79 Å². The van der Waals surface area contributed by atoms with E-state index < -0.39 is 11.9 Å². The zero-order valence-electron chi connectivity index (χ0n) is 12.6. The number of carbonyl (C=O) groups excluding carboxylic acids is 2. The van der Waals surface area contributed by atoms with E-state index >= 15 is 0 Å². The summed E-state index contributed by atoms with van der Waals surface area (Å²) < 4.78 is 0. The van der Waals surface area contributed by atoms with Crippen molar-refractivity contribution in [2.45, 2.75) is 6.04 Å². The van der Waals surface area contributed by atoms with Crippen molar-refractivity contribution in [2.24, 2.45) is 5.73 Å². The van der Waals surface area contributed by atoms with E-state index in [1.54, 1.807) is 24.3 Å². The van der Waals surface area contributed by atoms with Crippen molar-refractivity contribution in [1.82, 2.24) is 4.90 Å². The number of carbonyl (C=O) groups is 2. The molecule has 2 aromatic carbocycles. The van der Waals surface area contributed by atoms with Crippen LogP contribution in [-0.4, -0.2) is 30.8 Å². The summed E-state index contributed by atoms with van der Waals surface area (Å²) in [7, 11) is 3.66. The molecule has 0 aliphatic heterocycles. The Morgan fingerprint density at radius 3 is 2.18 bits per heavy atom. The normalized spacial score (nSPS) is 12.0. The Labute approximate surface area is 129 Å². The van der Waals surface area contributed by atoms with Gasteiger partial charge in [-0.25, -0.2) is 0 Å². The minimum atomic E-state index is -0.572. The first-order valence-electron chi connectivity index (χ1n) is 6.91. The quantitative estimate of drug-likeness (QED) is 0.886. The largest absolute Gasteiger partial charge is 0.366 e. The maximum absolute atomic E-state index is 12.6. The standard InChI is InChI=1S/C17H19N3O2/c1-20(2)15(12-8-4-3-5-9-12)17(22)19-14-11-7-6-10-13(14)16(18)21/h3-11,15H,1-2H3,(H2,18,21)(H,19,22). The Bertz CT molecular complexity index is 669. The number of nitrogens with zero attached hydrogens (tertiary/aromatic N) is 1. The Morgan fingerprint density at radius 1 is 1.00 bits per heavy atom. The van der Waals surface area contributed by atoms with Crippen molar-refractivity contribution in [3.63, 3.8) is 0 Å². The second-order valence-corrected chi connectivity index (χ2v) is 5.18. The first-order valence-corrected chi connectivity index (χ1v) is 6.91. The lowest BCUT2D eigenvalue weighted by Crippen LogP contribution is -2.32. The van der Waals surface area contributed by atoms with E-state index in [-0.39, 0.29) is 5.91 Å². The molecular weight excluding hydrogens is 278 g/mol. The smallest absolute Gasteiger partial charge is 0.250 e. The van der Waals surface area contributed by atoms with Crippen LogP contribution >= 0.6 is 0 Å². The summed E-state index contributed by atoms with van der Waals surface area (Å²) in [5.74, 6) is -0.790. The first-order chi connectivity index (χ1) is 10.5. The molecule has 0 fully saturated rings. The Kier molecular flexibility index (Phi) is 4.91. The summed E-state index contributed by atoms with van der Waals surface area (Å²) in [6.45, 7) is 0. The number of likely N-dealkylation sites (N-methyl/N-ethyl adjacent to an activating group) is 1. The fraction of sp³-hybridized carbons (Fsp3) is 0.176. The van der Waals surface area contributed by atoms with Gasteiger partial charge in [0, 0.05) is 0 Å². The number of rotatable bonds is 5. The van der Waals surface area contributed by atoms with E-state index in [9.17, 15) is 9.59 Å². The van der Waals surface area contributed by atoms with Crippen molar-refractivity contribution in [1.29, 1.82) is 0 Å². The third kappa shape index (κ3) is 3.51.